The number of carbonyl (C=O) groups excluding carboxylic acids is 1. The normalized spacial score (nSPS) is 21.3. The number of aromatic hydroxyl groups is 1. The van der Waals surface area contributed by atoms with Gasteiger partial charge in [-0.25, -0.2) is 9.50 Å². The maximum Gasteiger partial charge on any atom is 0.260 e. The van der Waals surface area contributed by atoms with Crippen LogP contribution in [-0.2, 0) is 0 Å². The summed E-state index contributed by atoms with van der Waals surface area (Å²) in [5.74, 6) is -0.289. The lowest BCUT2D eigenvalue weighted by Crippen LogP contribution is -2.45. The highest BCUT2D eigenvalue weighted by Gasteiger charge is 2.27. The van der Waals surface area contributed by atoms with E-state index >= 15 is 0 Å². The molecule has 2 aromatic heterocycles. The van der Waals surface area contributed by atoms with E-state index in [-0.39, 0.29) is 17.7 Å². The van der Waals surface area contributed by atoms with Crippen LogP contribution < -0.4 is 5.32 Å². The molecule has 1 atom stereocenters. The Labute approximate surface area is 156 Å². The van der Waals surface area contributed by atoms with Gasteiger partial charge in [0, 0.05) is 10.7 Å². The van der Waals surface area contributed by atoms with Crippen LogP contribution in [-0.4, -0.2) is 49.6 Å². The fraction of sp³-hybridized carbons (Fsp3) is 0.389. The molecule has 2 aromatic rings. The van der Waals surface area contributed by atoms with Crippen molar-refractivity contribution in [3.63, 3.8) is 0 Å². The molecule has 1 saturated heterocycles. The van der Waals surface area contributed by atoms with Crippen molar-refractivity contribution in [3.05, 3.63) is 47.0 Å². The molecule has 1 aliphatic heterocycles. The molecular weight excluding hydrogens is 354 g/mol. The third kappa shape index (κ3) is 3.32. The number of hydrogen-bond acceptors (Lipinski definition) is 5. The highest BCUT2D eigenvalue weighted by molar-refractivity contribution is 6.31. The van der Waals surface area contributed by atoms with E-state index in [0.717, 1.165) is 25.2 Å². The summed E-state index contributed by atoms with van der Waals surface area (Å²) in [6, 6.07) is 0.126. The summed E-state index contributed by atoms with van der Waals surface area (Å²) >= 11 is 6.19. The molecule has 4 rings (SSSR count). The first kappa shape index (κ1) is 17.1. The molecule has 0 radical (unpaired) electrons. The van der Waals surface area contributed by atoms with Crippen LogP contribution in [0.3, 0.4) is 0 Å². The topological polar surface area (TPSA) is 82.8 Å². The van der Waals surface area contributed by atoms with Crippen LogP contribution in [0.1, 0.15) is 36.0 Å². The average molecular weight is 374 g/mol. The van der Waals surface area contributed by atoms with Crippen molar-refractivity contribution in [2.45, 2.75) is 31.7 Å². The summed E-state index contributed by atoms with van der Waals surface area (Å²) in [4.78, 5) is 19.3. The number of carbonyl (C=O) groups is 1. The minimum absolute atomic E-state index is 0.00960. The molecule has 8 heteroatoms. The van der Waals surface area contributed by atoms with E-state index in [9.17, 15) is 9.90 Å². The Kier molecular flexibility index (Phi) is 4.65. The molecule has 26 heavy (non-hydrogen) atoms. The number of likely N-dealkylation sites (tertiary alicyclic amines) is 1. The van der Waals surface area contributed by atoms with Crippen LogP contribution in [0.25, 0.3) is 5.65 Å². The predicted octanol–water partition coefficient (Wildman–Crippen LogP) is 2.43. The fourth-order valence-electron chi connectivity index (χ4n) is 3.57. The number of rotatable bonds is 3. The van der Waals surface area contributed by atoms with Crippen molar-refractivity contribution >= 4 is 23.2 Å². The van der Waals surface area contributed by atoms with Crippen molar-refractivity contribution in [1.82, 2.24) is 24.8 Å². The molecular formula is C18H20ClN5O2. The Morgan fingerprint density at radius 1 is 1.27 bits per heavy atom. The first-order chi connectivity index (χ1) is 12.6. The molecule has 7 nitrogen and oxygen atoms in total. The van der Waals surface area contributed by atoms with Crippen molar-refractivity contribution in [3.8, 4) is 5.75 Å². The Morgan fingerprint density at radius 3 is 2.88 bits per heavy atom. The third-order valence-electron chi connectivity index (χ3n) is 4.87. The van der Waals surface area contributed by atoms with E-state index < -0.39 is 0 Å². The summed E-state index contributed by atoms with van der Waals surface area (Å²) in [5, 5.41) is 17.2. The summed E-state index contributed by atoms with van der Waals surface area (Å²) < 4.78 is 1.38. The molecule has 0 bridgehead atoms. The quantitative estimate of drug-likeness (QED) is 0.863. The number of fused-ring (bicyclic) bond motifs is 1. The standard InChI is InChI=1S/C18H20ClN5O2/c19-12-4-5-16(23-6-2-1-3-7-23)15(8-12)22-18(26)14-10-21-24-11-13(25)9-20-17(14)24/h4,8-11,16,25H,1-3,5-7H2,(H,22,26). The summed E-state index contributed by atoms with van der Waals surface area (Å²) in [6.45, 7) is 2.06. The molecule has 1 fully saturated rings. The molecule has 3 heterocycles. The van der Waals surface area contributed by atoms with Crippen molar-refractivity contribution in [2.24, 2.45) is 0 Å². The molecule has 1 aliphatic carbocycles. The third-order valence-corrected chi connectivity index (χ3v) is 5.13. The van der Waals surface area contributed by atoms with Gasteiger partial charge in [0.15, 0.2) is 11.4 Å². The van der Waals surface area contributed by atoms with Gasteiger partial charge in [-0.15, -0.1) is 0 Å². The molecule has 0 aromatic carbocycles. The van der Waals surface area contributed by atoms with Crippen LogP contribution in [0, 0.1) is 0 Å². The number of aromatic nitrogens is 3. The summed E-state index contributed by atoms with van der Waals surface area (Å²) in [5.41, 5.74) is 1.56. The lowest BCUT2D eigenvalue weighted by Gasteiger charge is -2.36. The van der Waals surface area contributed by atoms with Gasteiger partial charge in [0.05, 0.1) is 24.6 Å². The molecule has 136 valence electrons. The minimum atomic E-state index is -0.280. The molecule has 0 spiro atoms. The highest BCUT2D eigenvalue weighted by Crippen LogP contribution is 2.26. The van der Waals surface area contributed by atoms with E-state index in [1.54, 1.807) is 0 Å². The number of piperidine rings is 1. The second-order valence-electron chi connectivity index (χ2n) is 6.63. The number of amides is 1. The van der Waals surface area contributed by atoms with Gasteiger partial charge in [0.2, 0.25) is 0 Å². The van der Waals surface area contributed by atoms with Crippen LogP contribution in [0.5, 0.6) is 5.75 Å². The Morgan fingerprint density at radius 2 is 2.08 bits per heavy atom. The minimum Gasteiger partial charge on any atom is -0.505 e. The largest absolute Gasteiger partial charge is 0.505 e. The Hall–Kier alpha value is -2.38. The van der Waals surface area contributed by atoms with Gasteiger partial charge in [-0.05, 0) is 38.4 Å². The van der Waals surface area contributed by atoms with Crippen LogP contribution in [0.15, 0.2) is 41.5 Å². The monoisotopic (exact) mass is 373 g/mol. The van der Waals surface area contributed by atoms with Gasteiger partial charge < -0.3 is 10.4 Å². The molecule has 2 aliphatic rings. The van der Waals surface area contributed by atoms with Gasteiger partial charge >= 0.3 is 0 Å². The van der Waals surface area contributed by atoms with Gasteiger partial charge in [-0.1, -0.05) is 24.1 Å². The van der Waals surface area contributed by atoms with E-state index in [4.69, 9.17) is 11.6 Å². The van der Waals surface area contributed by atoms with Crippen LogP contribution >= 0.6 is 11.6 Å². The Balaban J connectivity index is 1.58. The zero-order valence-corrected chi connectivity index (χ0v) is 15.0. The predicted molar refractivity (Wildman–Crippen MR) is 98.0 cm³/mol. The molecule has 2 N–H and O–H groups in total. The average Bonchev–Trinajstić information content (AvgIpc) is 3.05. The lowest BCUT2D eigenvalue weighted by molar-refractivity contribution is 0.0952. The Bertz CT molecular complexity index is 898. The maximum atomic E-state index is 12.8. The smallest absolute Gasteiger partial charge is 0.260 e. The zero-order chi connectivity index (χ0) is 18.1. The fourth-order valence-corrected chi connectivity index (χ4v) is 3.78. The number of hydrogen-bond donors (Lipinski definition) is 2. The lowest BCUT2D eigenvalue weighted by atomic mass is 9.99. The number of nitrogens with zero attached hydrogens (tertiary/aromatic N) is 4. The maximum absolute atomic E-state index is 12.8. The number of halogens is 1. The summed E-state index contributed by atoms with van der Waals surface area (Å²) in [7, 11) is 0. The van der Waals surface area contributed by atoms with Crippen LogP contribution in [0.2, 0.25) is 0 Å². The number of nitrogens with one attached hydrogen (secondary N) is 1. The SMILES string of the molecule is O=C(NC1=CC(Cl)=CCC1N1CCCCC1)c1cnn2cc(O)cnc12. The van der Waals surface area contributed by atoms with Gasteiger partial charge in [-0.3, -0.25) is 9.69 Å². The van der Waals surface area contributed by atoms with Crippen LogP contribution in [0.4, 0.5) is 0 Å². The molecule has 0 saturated carbocycles. The first-order valence-electron chi connectivity index (χ1n) is 8.77. The second kappa shape index (κ2) is 7.09. The van der Waals surface area contributed by atoms with E-state index in [0.29, 0.717) is 16.2 Å². The van der Waals surface area contributed by atoms with Gasteiger partial charge in [-0.2, -0.15) is 5.10 Å². The molecule has 1 unspecified atom stereocenters. The summed E-state index contributed by atoms with van der Waals surface area (Å²) in [6.07, 6.45) is 12.4. The van der Waals surface area contributed by atoms with E-state index in [1.165, 1.54) is 42.4 Å². The second-order valence-corrected chi connectivity index (χ2v) is 7.07. The van der Waals surface area contributed by atoms with E-state index in [2.05, 4.69) is 20.3 Å². The molecule has 1 amide bonds. The zero-order valence-electron chi connectivity index (χ0n) is 14.2. The van der Waals surface area contributed by atoms with Gasteiger partial charge in [0.1, 0.15) is 5.56 Å². The number of allylic oxidation sites excluding steroid dienone is 2. The first-order valence-corrected chi connectivity index (χ1v) is 9.14. The van der Waals surface area contributed by atoms with E-state index in [1.807, 2.05) is 12.2 Å². The van der Waals surface area contributed by atoms with Crippen molar-refractivity contribution in [1.29, 1.82) is 0 Å². The highest BCUT2D eigenvalue weighted by atomic mass is 35.5. The van der Waals surface area contributed by atoms with Crippen molar-refractivity contribution in [2.75, 3.05) is 13.1 Å². The van der Waals surface area contributed by atoms with Crippen molar-refractivity contribution < 1.29 is 9.90 Å². The van der Waals surface area contributed by atoms with Gasteiger partial charge in [0.25, 0.3) is 5.91 Å².